The lowest BCUT2D eigenvalue weighted by molar-refractivity contribution is 0.414. The number of thiazole rings is 1. The second-order valence-corrected chi connectivity index (χ2v) is 7.44. The third kappa shape index (κ3) is 3.52. The summed E-state index contributed by atoms with van der Waals surface area (Å²) in [7, 11) is -2.16. The van der Waals surface area contributed by atoms with E-state index in [1.807, 2.05) is 0 Å². The number of hydrogen-bond acceptors (Lipinski definition) is 5. The quantitative estimate of drug-likeness (QED) is 0.876. The SMILES string of the molecule is COc1ccc(C(C)NS(=O)(=O)c2sc(=O)[nH]c2C)cc1. The van der Waals surface area contributed by atoms with Gasteiger partial charge in [-0.25, -0.2) is 13.1 Å². The number of aromatic nitrogens is 1. The van der Waals surface area contributed by atoms with Gasteiger partial charge in [0.05, 0.1) is 7.11 Å². The fourth-order valence-corrected chi connectivity index (χ4v) is 4.44. The first kappa shape index (κ1) is 15.7. The molecule has 0 bridgehead atoms. The van der Waals surface area contributed by atoms with Gasteiger partial charge in [0.1, 0.15) is 5.75 Å². The average molecular weight is 328 g/mol. The Labute approximate surface area is 126 Å². The summed E-state index contributed by atoms with van der Waals surface area (Å²) >= 11 is 0.683. The topological polar surface area (TPSA) is 88.3 Å². The Balaban J connectivity index is 2.23. The van der Waals surface area contributed by atoms with Crippen LogP contribution in [0.5, 0.6) is 5.75 Å². The van der Waals surface area contributed by atoms with Crippen molar-refractivity contribution in [2.75, 3.05) is 7.11 Å². The minimum absolute atomic E-state index is 0.0212. The first-order valence-electron chi connectivity index (χ1n) is 6.19. The van der Waals surface area contributed by atoms with Crippen LogP contribution in [0.3, 0.4) is 0 Å². The van der Waals surface area contributed by atoms with Crippen molar-refractivity contribution in [3.63, 3.8) is 0 Å². The van der Waals surface area contributed by atoms with Crippen molar-refractivity contribution < 1.29 is 13.2 Å². The zero-order chi connectivity index (χ0) is 15.6. The molecule has 21 heavy (non-hydrogen) atoms. The first-order valence-corrected chi connectivity index (χ1v) is 8.49. The van der Waals surface area contributed by atoms with Crippen molar-refractivity contribution in [1.29, 1.82) is 0 Å². The van der Waals surface area contributed by atoms with Crippen LogP contribution < -0.4 is 14.3 Å². The van der Waals surface area contributed by atoms with Crippen LogP contribution in [0, 0.1) is 6.92 Å². The molecule has 2 aromatic rings. The van der Waals surface area contributed by atoms with Crippen LogP contribution >= 0.6 is 11.3 Å². The number of ether oxygens (including phenoxy) is 1. The lowest BCUT2D eigenvalue weighted by Gasteiger charge is -2.14. The van der Waals surface area contributed by atoms with Crippen molar-refractivity contribution in [3.8, 4) is 5.75 Å². The number of hydrogen-bond donors (Lipinski definition) is 2. The van der Waals surface area contributed by atoms with Crippen LogP contribution in [0.15, 0.2) is 33.3 Å². The Hall–Kier alpha value is -1.64. The Morgan fingerprint density at radius 1 is 1.29 bits per heavy atom. The molecule has 0 fully saturated rings. The monoisotopic (exact) mass is 328 g/mol. The number of sulfonamides is 1. The molecule has 0 saturated carbocycles. The van der Waals surface area contributed by atoms with Gasteiger partial charge in [0.25, 0.3) is 10.0 Å². The number of rotatable bonds is 5. The molecule has 1 aromatic heterocycles. The van der Waals surface area contributed by atoms with Crippen molar-refractivity contribution >= 4 is 21.4 Å². The molecule has 1 atom stereocenters. The third-order valence-electron chi connectivity index (χ3n) is 2.97. The molecule has 2 N–H and O–H groups in total. The van der Waals surface area contributed by atoms with Crippen LogP contribution in [0.25, 0.3) is 0 Å². The Kier molecular flexibility index (Phi) is 4.50. The van der Waals surface area contributed by atoms with E-state index in [2.05, 4.69) is 9.71 Å². The maximum Gasteiger partial charge on any atom is 0.305 e. The van der Waals surface area contributed by atoms with Gasteiger partial charge in [-0.2, -0.15) is 0 Å². The molecule has 0 spiro atoms. The predicted molar refractivity (Wildman–Crippen MR) is 81.4 cm³/mol. The van der Waals surface area contributed by atoms with E-state index in [0.29, 0.717) is 22.8 Å². The molecule has 114 valence electrons. The number of benzene rings is 1. The third-order valence-corrected chi connectivity index (χ3v) is 6.12. The van der Waals surface area contributed by atoms with Gasteiger partial charge in [-0.1, -0.05) is 23.5 Å². The van der Waals surface area contributed by atoms with E-state index in [4.69, 9.17) is 4.74 Å². The Bertz CT molecular complexity index is 775. The van der Waals surface area contributed by atoms with Gasteiger partial charge in [-0.05, 0) is 31.5 Å². The fourth-order valence-electron chi connectivity index (χ4n) is 1.89. The summed E-state index contributed by atoms with van der Waals surface area (Å²) in [4.78, 5) is 13.3. The van der Waals surface area contributed by atoms with Crippen molar-refractivity contribution in [3.05, 3.63) is 45.2 Å². The normalized spacial score (nSPS) is 13.1. The molecule has 1 unspecified atom stereocenters. The first-order chi connectivity index (χ1) is 9.83. The zero-order valence-corrected chi connectivity index (χ0v) is 13.5. The summed E-state index contributed by atoms with van der Waals surface area (Å²) in [6.07, 6.45) is 0. The van der Waals surface area contributed by atoms with E-state index in [0.717, 1.165) is 5.56 Å². The molecule has 1 heterocycles. The number of methoxy groups -OCH3 is 1. The highest BCUT2D eigenvalue weighted by atomic mass is 32.2. The molecular weight excluding hydrogens is 312 g/mol. The van der Waals surface area contributed by atoms with Gasteiger partial charge >= 0.3 is 4.87 Å². The van der Waals surface area contributed by atoms with E-state index < -0.39 is 16.1 Å². The summed E-state index contributed by atoms with van der Waals surface area (Å²) in [6, 6.07) is 6.69. The highest BCUT2D eigenvalue weighted by Crippen LogP contribution is 2.21. The second-order valence-electron chi connectivity index (χ2n) is 4.54. The summed E-state index contributed by atoms with van der Waals surface area (Å²) in [5.74, 6) is 0.702. The van der Waals surface area contributed by atoms with E-state index in [1.54, 1.807) is 45.2 Å². The Morgan fingerprint density at radius 3 is 2.38 bits per heavy atom. The van der Waals surface area contributed by atoms with Crippen molar-refractivity contribution in [2.45, 2.75) is 24.1 Å². The van der Waals surface area contributed by atoms with Gasteiger partial charge < -0.3 is 9.72 Å². The van der Waals surface area contributed by atoms with Crippen LogP contribution in [-0.4, -0.2) is 20.5 Å². The zero-order valence-electron chi connectivity index (χ0n) is 11.8. The minimum atomic E-state index is -3.73. The molecule has 0 radical (unpaired) electrons. The number of nitrogens with one attached hydrogen (secondary N) is 2. The van der Waals surface area contributed by atoms with E-state index in [1.165, 1.54) is 0 Å². The number of H-pyrrole nitrogens is 1. The molecule has 8 heteroatoms. The molecule has 0 saturated heterocycles. The second kappa shape index (κ2) is 6.00. The minimum Gasteiger partial charge on any atom is -0.497 e. The lowest BCUT2D eigenvalue weighted by atomic mass is 10.1. The number of aryl methyl sites for hydroxylation is 1. The summed E-state index contributed by atoms with van der Waals surface area (Å²) in [6.45, 7) is 3.30. The van der Waals surface area contributed by atoms with E-state index in [9.17, 15) is 13.2 Å². The van der Waals surface area contributed by atoms with E-state index in [-0.39, 0.29) is 9.08 Å². The smallest absolute Gasteiger partial charge is 0.305 e. The van der Waals surface area contributed by atoms with Gasteiger partial charge in [0, 0.05) is 11.7 Å². The Morgan fingerprint density at radius 2 is 1.90 bits per heavy atom. The van der Waals surface area contributed by atoms with Crippen molar-refractivity contribution in [1.82, 2.24) is 9.71 Å². The van der Waals surface area contributed by atoms with Crippen LogP contribution in [0.1, 0.15) is 24.2 Å². The molecule has 0 aliphatic heterocycles. The molecule has 6 nitrogen and oxygen atoms in total. The van der Waals surface area contributed by atoms with Crippen LogP contribution in [0.2, 0.25) is 0 Å². The van der Waals surface area contributed by atoms with Crippen LogP contribution in [0.4, 0.5) is 0 Å². The molecule has 0 aliphatic carbocycles. The molecule has 1 aromatic carbocycles. The highest BCUT2D eigenvalue weighted by molar-refractivity contribution is 7.91. The molecular formula is C13H16N2O4S2. The predicted octanol–water partition coefficient (Wildman–Crippen LogP) is 1.79. The average Bonchev–Trinajstić information content (AvgIpc) is 2.78. The maximum atomic E-state index is 12.3. The van der Waals surface area contributed by atoms with Crippen molar-refractivity contribution in [2.24, 2.45) is 0 Å². The lowest BCUT2D eigenvalue weighted by Crippen LogP contribution is -2.26. The molecule has 0 amide bonds. The fraction of sp³-hybridized carbons (Fsp3) is 0.308. The summed E-state index contributed by atoms with van der Waals surface area (Å²) in [5, 5.41) is 0. The number of aromatic amines is 1. The molecule has 2 rings (SSSR count). The standard InChI is InChI=1S/C13H16N2O4S2/c1-8(10-4-6-11(19-3)7-5-10)15-21(17,18)12-9(2)14-13(16)20-12/h4-8,15H,1-3H3,(H,14,16). The summed E-state index contributed by atoms with van der Waals surface area (Å²) < 4.78 is 32.2. The van der Waals surface area contributed by atoms with E-state index >= 15 is 0 Å². The van der Waals surface area contributed by atoms with Crippen LogP contribution in [-0.2, 0) is 10.0 Å². The maximum absolute atomic E-state index is 12.3. The largest absolute Gasteiger partial charge is 0.497 e. The molecule has 0 aliphatic rings. The summed E-state index contributed by atoms with van der Waals surface area (Å²) in [5.41, 5.74) is 1.15. The van der Waals surface area contributed by atoms with Gasteiger partial charge in [0.15, 0.2) is 4.21 Å². The van der Waals surface area contributed by atoms with Gasteiger partial charge in [-0.3, -0.25) is 4.79 Å². The van der Waals surface area contributed by atoms with Gasteiger partial charge in [-0.15, -0.1) is 0 Å². The van der Waals surface area contributed by atoms with Gasteiger partial charge in [0.2, 0.25) is 0 Å². The highest BCUT2D eigenvalue weighted by Gasteiger charge is 2.23.